The van der Waals surface area contributed by atoms with Crippen molar-refractivity contribution in [1.29, 1.82) is 0 Å². The summed E-state index contributed by atoms with van der Waals surface area (Å²) in [4.78, 5) is 29.0. The van der Waals surface area contributed by atoms with Gasteiger partial charge < -0.3 is 19.4 Å². The van der Waals surface area contributed by atoms with Crippen molar-refractivity contribution in [2.75, 3.05) is 45.9 Å². The Bertz CT molecular complexity index is 727. The van der Waals surface area contributed by atoms with Crippen molar-refractivity contribution in [1.82, 2.24) is 15.1 Å². The molecule has 1 aromatic heterocycles. The molecule has 0 bridgehead atoms. The van der Waals surface area contributed by atoms with Gasteiger partial charge >= 0.3 is 0 Å². The van der Waals surface area contributed by atoms with E-state index in [9.17, 15) is 9.59 Å². The van der Waals surface area contributed by atoms with Crippen molar-refractivity contribution in [3.05, 3.63) is 60.1 Å². The third-order valence-electron chi connectivity index (χ3n) is 4.73. The van der Waals surface area contributed by atoms with Gasteiger partial charge in [0.25, 0.3) is 5.91 Å². The van der Waals surface area contributed by atoms with Crippen LogP contribution in [0.15, 0.2) is 53.3 Å². The molecule has 1 aromatic carbocycles. The first-order valence-corrected chi connectivity index (χ1v) is 9.64. The molecular weight excluding hydrogens is 358 g/mol. The van der Waals surface area contributed by atoms with Gasteiger partial charge in [-0.15, -0.1) is 0 Å². The van der Waals surface area contributed by atoms with Crippen LogP contribution in [0.3, 0.4) is 0 Å². The average molecular weight is 385 g/mol. The number of furan rings is 1. The molecule has 28 heavy (non-hydrogen) atoms. The number of rotatable bonds is 9. The molecule has 1 fully saturated rings. The predicted octanol–water partition coefficient (Wildman–Crippen LogP) is 1.76. The Hall–Kier alpha value is -2.64. The maximum atomic E-state index is 12.8. The second-order valence-corrected chi connectivity index (χ2v) is 6.78. The Morgan fingerprint density at radius 2 is 1.89 bits per heavy atom. The van der Waals surface area contributed by atoms with E-state index >= 15 is 0 Å². The summed E-state index contributed by atoms with van der Waals surface area (Å²) in [5.41, 5.74) is 1.51. The molecule has 2 amide bonds. The molecule has 7 nitrogen and oxygen atoms in total. The highest BCUT2D eigenvalue weighted by Crippen LogP contribution is 2.11. The maximum absolute atomic E-state index is 12.8. The third-order valence-corrected chi connectivity index (χ3v) is 4.73. The molecule has 150 valence electrons. The number of nitrogens with zero attached hydrogens (tertiary/aromatic N) is 2. The molecule has 1 saturated heterocycles. The summed E-state index contributed by atoms with van der Waals surface area (Å²) in [6, 6.07) is 11.4. The minimum atomic E-state index is -0.140. The van der Waals surface area contributed by atoms with Crippen LogP contribution in [0.1, 0.15) is 22.3 Å². The fraction of sp³-hybridized carbons (Fsp3) is 0.429. The van der Waals surface area contributed by atoms with Crippen LogP contribution in [0, 0.1) is 0 Å². The van der Waals surface area contributed by atoms with Gasteiger partial charge in [0.15, 0.2) is 0 Å². The van der Waals surface area contributed by atoms with Crippen LogP contribution in [0.2, 0.25) is 0 Å². The Morgan fingerprint density at radius 3 is 2.61 bits per heavy atom. The maximum Gasteiger partial charge on any atom is 0.257 e. The van der Waals surface area contributed by atoms with Crippen molar-refractivity contribution in [3.8, 4) is 0 Å². The number of benzene rings is 1. The zero-order valence-corrected chi connectivity index (χ0v) is 16.0. The quantitative estimate of drug-likeness (QED) is 0.712. The van der Waals surface area contributed by atoms with Crippen LogP contribution in [0.4, 0.5) is 0 Å². The van der Waals surface area contributed by atoms with Crippen LogP contribution < -0.4 is 5.32 Å². The van der Waals surface area contributed by atoms with Gasteiger partial charge in [-0.05, 0) is 11.6 Å². The minimum absolute atomic E-state index is 0.0497. The molecule has 2 heterocycles. The van der Waals surface area contributed by atoms with Crippen LogP contribution in [-0.4, -0.2) is 67.6 Å². The van der Waals surface area contributed by atoms with Gasteiger partial charge in [-0.1, -0.05) is 30.3 Å². The highest BCUT2D eigenvalue weighted by molar-refractivity contribution is 5.94. The molecule has 1 aliphatic heterocycles. The predicted molar refractivity (Wildman–Crippen MR) is 105 cm³/mol. The van der Waals surface area contributed by atoms with E-state index in [1.54, 1.807) is 11.0 Å². The lowest BCUT2D eigenvalue weighted by Crippen LogP contribution is -2.42. The first-order valence-electron chi connectivity index (χ1n) is 9.64. The van der Waals surface area contributed by atoms with E-state index in [1.165, 1.54) is 12.5 Å². The SMILES string of the molecule is O=C(CCN(Cc1ccccc1)C(=O)c1ccoc1)NCCN1CCOCC1. The smallest absolute Gasteiger partial charge is 0.257 e. The van der Waals surface area contributed by atoms with Gasteiger partial charge in [-0.3, -0.25) is 14.5 Å². The van der Waals surface area contributed by atoms with Gasteiger partial charge in [0.1, 0.15) is 6.26 Å². The highest BCUT2D eigenvalue weighted by Gasteiger charge is 2.18. The first kappa shape index (κ1) is 20.1. The minimum Gasteiger partial charge on any atom is -0.472 e. The fourth-order valence-electron chi connectivity index (χ4n) is 3.13. The zero-order valence-electron chi connectivity index (χ0n) is 16.0. The van der Waals surface area contributed by atoms with E-state index < -0.39 is 0 Å². The van der Waals surface area contributed by atoms with Crippen molar-refractivity contribution < 1.29 is 18.7 Å². The molecule has 1 N–H and O–H groups in total. The molecule has 0 radical (unpaired) electrons. The number of carbonyl (C=O) groups is 2. The fourth-order valence-corrected chi connectivity index (χ4v) is 3.13. The van der Waals surface area contributed by atoms with Crippen LogP contribution in [0.5, 0.6) is 0 Å². The van der Waals surface area contributed by atoms with Gasteiger partial charge in [0.05, 0.1) is 25.0 Å². The Morgan fingerprint density at radius 1 is 1.11 bits per heavy atom. The molecule has 2 aromatic rings. The lowest BCUT2D eigenvalue weighted by molar-refractivity contribution is -0.121. The highest BCUT2D eigenvalue weighted by atomic mass is 16.5. The molecule has 0 saturated carbocycles. The van der Waals surface area contributed by atoms with E-state index in [2.05, 4.69) is 10.2 Å². The van der Waals surface area contributed by atoms with E-state index in [-0.39, 0.29) is 18.2 Å². The Labute approximate surface area is 165 Å². The average Bonchev–Trinajstić information content (AvgIpc) is 3.27. The number of carbonyl (C=O) groups excluding carboxylic acids is 2. The summed E-state index contributed by atoms with van der Waals surface area (Å²) in [5, 5.41) is 2.94. The molecule has 3 rings (SSSR count). The van der Waals surface area contributed by atoms with Crippen LogP contribution in [0.25, 0.3) is 0 Å². The van der Waals surface area contributed by atoms with Crippen molar-refractivity contribution in [2.45, 2.75) is 13.0 Å². The number of nitrogens with one attached hydrogen (secondary N) is 1. The van der Waals surface area contributed by atoms with E-state index in [0.717, 1.165) is 38.4 Å². The Balaban J connectivity index is 1.49. The van der Waals surface area contributed by atoms with Gasteiger partial charge in [0.2, 0.25) is 5.91 Å². The monoisotopic (exact) mass is 385 g/mol. The van der Waals surface area contributed by atoms with Crippen molar-refractivity contribution >= 4 is 11.8 Å². The van der Waals surface area contributed by atoms with Crippen molar-refractivity contribution in [3.63, 3.8) is 0 Å². The van der Waals surface area contributed by atoms with Gasteiger partial charge in [-0.2, -0.15) is 0 Å². The summed E-state index contributed by atoms with van der Waals surface area (Å²) in [5.74, 6) is -0.190. The largest absolute Gasteiger partial charge is 0.472 e. The Kier molecular flexibility index (Phi) is 7.63. The molecule has 7 heteroatoms. The summed E-state index contributed by atoms with van der Waals surface area (Å²) in [7, 11) is 0. The number of morpholine rings is 1. The molecule has 1 aliphatic rings. The van der Waals surface area contributed by atoms with Gasteiger partial charge in [0, 0.05) is 45.7 Å². The second kappa shape index (κ2) is 10.6. The van der Waals surface area contributed by atoms with Crippen molar-refractivity contribution in [2.24, 2.45) is 0 Å². The molecule has 0 atom stereocenters. The van der Waals surface area contributed by atoms with E-state index in [4.69, 9.17) is 9.15 Å². The normalized spacial score (nSPS) is 14.6. The molecule has 0 aliphatic carbocycles. The number of hydrogen-bond acceptors (Lipinski definition) is 5. The topological polar surface area (TPSA) is 75.0 Å². The molecular formula is C21H27N3O4. The lowest BCUT2D eigenvalue weighted by Gasteiger charge is -2.26. The summed E-state index contributed by atoms with van der Waals surface area (Å²) >= 11 is 0. The lowest BCUT2D eigenvalue weighted by atomic mass is 10.2. The standard InChI is InChI=1S/C21H27N3O4/c25-20(22-8-10-23-11-14-27-15-12-23)6-9-24(16-18-4-2-1-3-5-18)21(26)19-7-13-28-17-19/h1-5,7,13,17H,6,8-12,14-16H2,(H,22,25). The summed E-state index contributed by atoms with van der Waals surface area (Å²) in [6.07, 6.45) is 3.18. The molecule has 0 spiro atoms. The van der Waals surface area contributed by atoms with E-state index in [1.807, 2.05) is 30.3 Å². The van der Waals surface area contributed by atoms with Crippen LogP contribution in [-0.2, 0) is 16.1 Å². The number of hydrogen-bond donors (Lipinski definition) is 1. The van der Waals surface area contributed by atoms with Gasteiger partial charge in [-0.25, -0.2) is 0 Å². The zero-order chi connectivity index (χ0) is 19.6. The number of ether oxygens (including phenoxy) is 1. The summed E-state index contributed by atoms with van der Waals surface area (Å²) < 4.78 is 10.4. The third kappa shape index (κ3) is 6.21. The molecule has 0 unspecified atom stereocenters. The number of amides is 2. The van der Waals surface area contributed by atoms with Crippen LogP contribution >= 0.6 is 0 Å². The summed E-state index contributed by atoms with van der Waals surface area (Å²) in [6.45, 7) is 5.52. The second-order valence-electron chi connectivity index (χ2n) is 6.78. The first-order chi connectivity index (χ1) is 13.7. The van der Waals surface area contributed by atoms with E-state index in [0.29, 0.717) is 25.2 Å².